The van der Waals surface area contributed by atoms with Crippen LogP contribution in [0.1, 0.15) is 18.1 Å². The molecule has 2 aromatic rings. The second-order valence-corrected chi connectivity index (χ2v) is 5.95. The van der Waals surface area contributed by atoms with E-state index in [9.17, 15) is 0 Å². The van der Waals surface area contributed by atoms with Crippen LogP contribution in [0.25, 0.3) is 0 Å². The van der Waals surface area contributed by atoms with Crippen molar-refractivity contribution in [1.29, 1.82) is 0 Å². The van der Waals surface area contributed by atoms with E-state index in [1.165, 1.54) is 0 Å². The van der Waals surface area contributed by atoms with Crippen molar-refractivity contribution in [2.24, 2.45) is 5.73 Å². The normalized spacial score (nSPS) is 12.0. The van der Waals surface area contributed by atoms with E-state index in [-0.39, 0.29) is 6.04 Å². The molecule has 0 fully saturated rings. The maximum Gasteiger partial charge on any atom is 0.139 e. The van der Waals surface area contributed by atoms with Crippen molar-refractivity contribution in [1.82, 2.24) is 0 Å². The molecule has 5 heteroatoms. The van der Waals surface area contributed by atoms with Crippen LogP contribution in [0, 0.1) is 0 Å². The molecule has 2 N–H and O–H groups in total. The third-order valence-corrected chi connectivity index (χ3v) is 4.00. The standard InChI is InChI=1S/C17H19Cl2NO2/c1-11(20)8-12-6-7-15(21-2)13(9-12)10-22-16-5-3-4-14(18)17(16)19/h3-7,9,11H,8,10,20H2,1-2H3. The highest BCUT2D eigenvalue weighted by atomic mass is 35.5. The van der Waals surface area contributed by atoms with Crippen LogP contribution in [0.4, 0.5) is 0 Å². The predicted molar refractivity (Wildman–Crippen MR) is 91.1 cm³/mol. The van der Waals surface area contributed by atoms with Gasteiger partial charge in [-0.25, -0.2) is 0 Å². The van der Waals surface area contributed by atoms with E-state index in [2.05, 4.69) is 0 Å². The van der Waals surface area contributed by atoms with Crippen LogP contribution >= 0.6 is 23.2 Å². The summed E-state index contributed by atoms with van der Waals surface area (Å²) in [6.45, 7) is 2.32. The van der Waals surface area contributed by atoms with Gasteiger partial charge >= 0.3 is 0 Å². The smallest absolute Gasteiger partial charge is 0.139 e. The molecule has 0 aliphatic heterocycles. The van der Waals surface area contributed by atoms with Crippen LogP contribution in [0.2, 0.25) is 10.0 Å². The summed E-state index contributed by atoms with van der Waals surface area (Å²) in [6.07, 6.45) is 0.801. The number of rotatable bonds is 6. The fraction of sp³-hybridized carbons (Fsp3) is 0.294. The highest BCUT2D eigenvalue weighted by molar-refractivity contribution is 6.42. The average Bonchev–Trinajstić information content (AvgIpc) is 2.48. The van der Waals surface area contributed by atoms with E-state index in [1.807, 2.05) is 25.1 Å². The van der Waals surface area contributed by atoms with Crippen LogP contribution in [-0.2, 0) is 13.0 Å². The maximum absolute atomic E-state index is 6.13. The molecule has 0 saturated heterocycles. The fourth-order valence-electron chi connectivity index (χ4n) is 2.19. The zero-order chi connectivity index (χ0) is 16.1. The number of nitrogens with two attached hydrogens (primary N) is 1. The van der Waals surface area contributed by atoms with Gasteiger partial charge in [0.1, 0.15) is 23.1 Å². The van der Waals surface area contributed by atoms with Gasteiger partial charge in [-0.05, 0) is 43.2 Å². The minimum absolute atomic E-state index is 0.101. The Morgan fingerprint density at radius 2 is 1.91 bits per heavy atom. The van der Waals surface area contributed by atoms with Crippen LogP contribution in [-0.4, -0.2) is 13.2 Å². The van der Waals surface area contributed by atoms with Crippen molar-refractivity contribution in [2.45, 2.75) is 26.0 Å². The van der Waals surface area contributed by atoms with E-state index in [0.29, 0.717) is 22.4 Å². The molecule has 0 heterocycles. The first kappa shape index (κ1) is 16.9. The van der Waals surface area contributed by atoms with E-state index < -0.39 is 0 Å². The number of methoxy groups -OCH3 is 1. The first-order chi connectivity index (χ1) is 10.5. The summed E-state index contributed by atoms with van der Waals surface area (Å²) in [5.41, 5.74) is 7.94. The summed E-state index contributed by atoms with van der Waals surface area (Å²) >= 11 is 12.1. The molecule has 0 amide bonds. The Morgan fingerprint density at radius 3 is 2.59 bits per heavy atom. The minimum atomic E-state index is 0.101. The number of benzene rings is 2. The Kier molecular flexibility index (Phi) is 5.95. The lowest BCUT2D eigenvalue weighted by Gasteiger charge is -2.14. The lowest BCUT2D eigenvalue weighted by atomic mass is 10.0. The molecule has 3 nitrogen and oxygen atoms in total. The lowest BCUT2D eigenvalue weighted by molar-refractivity contribution is 0.296. The summed E-state index contributed by atoms with van der Waals surface area (Å²) < 4.78 is 11.2. The summed E-state index contributed by atoms with van der Waals surface area (Å²) in [5, 5.41) is 0.881. The number of hydrogen-bond acceptors (Lipinski definition) is 3. The molecule has 22 heavy (non-hydrogen) atoms. The lowest BCUT2D eigenvalue weighted by Crippen LogP contribution is -2.17. The molecular formula is C17H19Cl2NO2. The topological polar surface area (TPSA) is 44.5 Å². The molecule has 0 spiro atoms. The van der Waals surface area contributed by atoms with Gasteiger partial charge in [-0.2, -0.15) is 0 Å². The molecule has 0 bridgehead atoms. The first-order valence-electron chi connectivity index (χ1n) is 6.99. The van der Waals surface area contributed by atoms with Gasteiger partial charge in [-0.3, -0.25) is 0 Å². The maximum atomic E-state index is 6.13. The van der Waals surface area contributed by atoms with Crippen LogP contribution < -0.4 is 15.2 Å². The monoisotopic (exact) mass is 339 g/mol. The first-order valence-corrected chi connectivity index (χ1v) is 7.75. The fourth-order valence-corrected chi connectivity index (χ4v) is 2.54. The molecule has 0 aromatic heterocycles. The predicted octanol–water partition coefficient (Wildman–Crippen LogP) is 4.47. The van der Waals surface area contributed by atoms with Gasteiger partial charge in [0, 0.05) is 11.6 Å². The van der Waals surface area contributed by atoms with Gasteiger partial charge in [0.2, 0.25) is 0 Å². The van der Waals surface area contributed by atoms with Gasteiger partial charge in [-0.15, -0.1) is 0 Å². The summed E-state index contributed by atoms with van der Waals surface area (Å²) in [5.74, 6) is 1.32. The van der Waals surface area contributed by atoms with Crippen LogP contribution in [0.5, 0.6) is 11.5 Å². The second-order valence-electron chi connectivity index (χ2n) is 5.17. The third kappa shape index (κ3) is 4.29. The van der Waals surface area contributed by atoms with Crippen molar-refractivity contribution in [3.8, 4) is 11.5 Å². The van der Waals surface area contributed by atoms with E-state index in [1.54, 1.807) is 25.3 Å². The van der Waals surface area contributed by atoms with Gasteiger partial charge in [0.05, 0.1) is 12.1 Å². The number of hydrogen-bond donors (Lipinski definition) is 1. The van der Waals surface area contributed by atoms with Crippen LogP contribution in [0.3, 0.4) is 0 Å². The quantitative estimate of drug-likeness (QED) is 0.844. The van der Waals surface area contributed by atoms with Gasteiger partial charge in [-0.1, -0.05) is 35.3 Å². The van der Waals surface area contributed by atoms with Gasteiger partial charge < -0.3 is 15.2 Å². The number of halogens is 2. The van der Waals surface area contributed by atoms with E-state index in [0.717, 1.165) is 23.3 Å². The van der Waals surface area contributed by atoms with E-state index >= 15 is 0 Å². The molecule has 0 radical (unpaired) electrons. The zero-order valence-corrected chi connectivity index (χ0v) is 14.1. The van der Waals surface area contributed by atoms with Gasteiger partial charge in [0.25, 0.3) is 0 Å². The molecule has 118 valence electrons. The SMILES string of the molecule is COc1ccc(CC(C)N)cc1COc1cccc(Cl)c1Cl. The summed E-state index contributed by atoms with van der Waals surface area (Å²) in [6, 6.07) is 11.4. The summed E-state index contributed by atoms with van der Waals surface area (Å²) in [4.78, 5) is 0. The number of ether oxygens (including phenoxy) is 2. The average molecular weight is 340 g/mol. The van der Waals surface area contributed by atoms with E-state index in [4.69, 9.17) is 38.4 Å². The minimum Gasteiger partial charge on any atom is -0.496 e. The zero-order valence-electron chi connectivity index (χ0n) is 12.6. The molecule has 0 aliphatic rings. The highest BCUT2D eigenvalue weighted by Gasteiger charge is 2.10. The Labute approximate surface area is 140 Å². The Morgan fingerprint density at radius 1 is 1.14 bits per heavy atom. The Balaban J connectivity index is 2.18. The molecule has 0 aliphatic carbocycles. The third-order valence-electron chi connectivity index (χ3n) is 3.20. The van der Waals surface area contributed by atoms with Crippen molar-refractivity contribution < 1.29 is 9.47 Å². The summed E-state index contributed by atoms with van der Waals surface area (Å²) in [7, 11) is 1.64. The van der Waals surface area contributed by atoms with Crippen molar-refractivity contribution in [3.05, 3.63) is 57.6 Å². The van der Waals surface area contributed by atoms with Crippen LogP contribution in [0.15, 0.2) is 36.4 Å². The van der Waals surface area contributed by atoms with Gasteiger partial charge in [0.15, 0.2) is 0 Å². The molecule has 1 unspecified atom stereocenters. The molecule has 1 atom stereocenters. The molecule has 2 aromatic carbocycles. The Bertz CT molecular complexity index is 645. The van der Waals surface area contributed by atoms with Crippen molar-refractivity contribution in [2.75, 3.05) is 7.11 Å². The second kappa shape index (κ2) is 7.73. The van der Waals surface area contributed by atoms with Crippen molar-refractivity contribution >= 4 is 23.2 Å². The molecular weight excluding hydrogens is 321 g/mol. The molecule has 2 rings (SSSR count). The largest absolute Gasteiger partial charge is 0.496 e. The Hall–Kier alpha value is -1.42. The van der Waals surface area contributed by atoms with Crippen molar-refractivity contribution in [3.63, 3.8) is 0 Å². The highest BCUT2D eigenvalue weighted by Crippen LogP contribution is 2.32. The molecule has 0 saturated carbocycles.